The molecule has 5 heteroatoms. The van der Waals surface area contributed by atoms with Gasteiger partial charge in [-0.25, -0.2) is 13.8 Å². The van der Waals surface area contributed by atoms with E-state index in [1.165, 1.54) is 6.07 Å². The Morgan fingerprint density at radius 2 is 2.29 bits per heavy atom. The summed E-state index contributed by atoms with van der Waals surface area (Å²) in [5.41, 5.74) is 1.20. The van der Waals surface area contributed by atoms with Gasteiger partial charge in [0.2, 0.25) is 0 Å². The van der Waals surface area contributed by atoms with Gasteiger partial charge in [0.25, 0.3) is 6.43 Å². The third kappa shape index (κ3) is 2.38. The van der Waals surface area contributed by atoms with E-state index in [9.17, 15) is 8.78 Å². The summed E-state index contributed by atoms with van der Waals surface area (Å²) >= 11 is 1.87. The van der Waals surface area contributed by atoms with E-state index in [1.54, 1.807) is 6.92 Å². The zero-order valence-electron chi connectivity index (χ0n) is 7.39. The molecule has 0 saturated heterocycles. The van der Waals surface area contributed by atoms with E-state index >= 15 is 0 Å². The van der Waals surface area contributed by atoms with Crippen molar-refractivity contribution in [3.05, 3.63) is 26.6 Å². The number of rotatable bonds is 2. The third-order valence-electron chi connectivity index (χ3n) is 1.80. The Bertz CT molecular complexity index is 362. The van der Waals surface area contributed by atoms with Crippen LogP contribution >= 0.6 is 22.6 Å². The molecule has 0 unspecified atom stereocenters. The van der Waals surface area contributed by atoms with E-state index in [4.69, 9.17) is 5.26 Å². The highest BCUT2D eigenvalue weighted by atomic mass is 127. The van der Waals surface area contributed by atoms with Gasteiger partial charge in [-0.15, -0.1) is 0 Å². The van der Waals surface area contributed by atoms with Crippen LogP contribution in [-0.4, -0.2) is 4.98 Å². The van der Waals surface area contributed by atoms with Gasteiger partial charge in [-0.1, -0.05) is 0 Å². The summed E-state index contributed by atoms with van der Waals surface area (Å²) in [6, 6.07) is 3.31. The highest BCUT2D eigenvalue weighted by molar-refractivity contribution is 14.1. The minimum absolute atomic E-state index is 0.209. The average molecular weight is 308 g/mol. The Hall–Kier alpha value is -0.770. The molecule has 0 radical (unpaired) electrons. The number of nitriles is 1. The van der Waals surface area contributed by atoms with Gasteiger partial charge in [0.1, 0.15) is 9.39 Å². The lowest BCUT2D eigenvalue weighted by molar-refractivity contribution is 0.145. The molecule has 0 aliphatic rings. The van der Waals surface area contributed by atoms with Crippen LogP contribution in [0.4, 0.5) is 8.78 Å². The molecule has 0 bridgehead atoms. The van der Waals surface area contributed by atoms with Crippen molar-refractivity contribution >= 4 is 22.6 Å². The third-order valence-corrected chi connectivity index (χ3v) is 2.69. The minimum atomic E-state index is -2.56. The number of alkyl halides is 2. The fraction of sp³-hybridized carbons (Fsp3) is 0.333. The summed E-state index contributed by atoms with van der Waals surface area (Å²) < 4.78 is 25.1. The first-order valence-electron chi connectivity index (χ1n) is 3.87. The molecule has 0 amide bonds. The highest BCUT2D eigenvalue weighted by Crippen LogP contribution is 2.22. The van der Waals surface area contributed by atoms with Crippen molar-refractivity contribution in [1.29, 1.82) is 5.26 Å². The van der Waals surface area contributed by atoms with E-state index in [-0.39, 0.29) is 12.1 Å². The maximum absolute atomic E-state index is 12.3. The van der Waals surface area contributed by atoms with Gasteiger partial charge >= 0.3 is 0 Å². The lowest BCUT2D eigenvalue weighted by Gasteiger charge is -2.07. The lowest BCUT2D eigenvalue weighted by atomic mass is 10.1. The van der Waals surface area contributed by atoms with Gasteiger partial charge < -0.3 is 0 Å². The summed E-state index contributed by atoms with van der Waals surface area (Å²) in [6.45, 7) is 1.71. The summed E-state index contributed by atoms with van der Waals surface area (Å²) in [4.78, 5) is 3.74. The molecule has 0 saturated carbocycles. The van der Waals surface area contributed by atoms with Crippen molar-refractivity contribution in [2.75, 3.05) is 0 Å². The lowest BCUT2D eigenvalue weighted by Crippen LogP contribution is -2.00. The summed E-state index contributed by atoms with van der Waals surface area (Å²) in [6.07, 6.45) is -2.35. The molecule has 14 heavy (non-hydrogen) atoms. The first-order chi connectivity index (χ1) is 6.56. The molecule has 1 aromatic rings. The summed E-state index contributed by atoms with van der Waals surface area (Å²) in [5, 5.41) is 8.52. The van der Waals surface area contributed by atoms with Crippen LogP contribution in [0.1, 0.15) is 23.2 Å². The van der Waals surface area contributed by atoms with Crippen LogP contribution in [0.15, 0.2) is 6.07 Å². The Balaban J connectivity index is 3.19. The number of aryl methyl sites for hydroxylation is 1. The maximum atomic E-state index is 12.3. The standard InChI is InChI=1S/C9H7F2IN2/c1-5-4-7(8(10)11)14-9(12)6(5)2-3-13/h4,8H,2H2,1H3. The molecule has 0 spiro atoms. The normalized spacial score (nSPS) is 10.3. The van der Waals surface area contributed by atoms with Crippen molar-refractivity contribution in [3.8, 4) is 6.07 Å². The van der Waals surface area contributed by atoms with E-state index in [2.05, 4.69) is 4.98 Å². The number of aromatic nitrogens is 1. The van der Waals surface area contributed by atoms with Crippen LogP contribution in [-0.2, 0) is 6.42 Å². The Labute approximate surface area is 94.1 Å². The van der Waals surface area contributed by atoms with Gasteiger partial charge in [-0.3, -0.25) is 0 Å². The quantitative estimate of drug-likeness (QED) is 0.622. The highest BCUT2D eigenvalue weighted by Gasteiger charge is 2.13. The zero-order valence-corrected chi connectivity index (χ0v) is 9.55. The van der Waals surface area contributed by atoms with Crippen LogP contribution in [0.2, 0.25) is 0 Å². The van der Waals surface area contributed by atoms with Crippen LogP contribution < -0.4 is 0 Å². The van der Waals surface area contributed by atoms with Gasteiger partial charge in [-0.2, -0.15) is 5.26 Å². The average Bonchev–Trinajstić information content (AvgIpc) is 2.10. The fourth-order valence-corrected chi connectivity index (χ4v) is 1.98. The van der Waals surface area contributed by atoms with E-state index in [1.807, 2.05) is 28.7 Å². The Kier molecular flexibility index (Phi) is 3.75. The topological polar surface area (TPSA) is 36.7 Å². The van der Waals surface area contributed by atoms with Gasteiger partial charge in [0, 0.05) is 5.56 Å². The number of hydrogen-bond donors (Lipinski definition) is 0. The van der Waals surface area contributed by atoms with Gasteiger partial charge in [0.05, 0.1) is 12.5 Å². The number of nitrogens with zero attached hydrogens (tertiary/aromatic N) is 2. The molecule has 74 valence electrons. The molecule has 0 N–H and O–H groups in total. The van der Waals surface area contributed by atoms with Gasteiger partial charge in [0.15, 0.2) is 0 Å². The number of hydrogen-bond acceptors (Lipinski definition) is 2. The Morgan fingerprint density at radius 1 is 1.64 bits per heavy atom. The molecule has 0 atom stereocenters. The number of halogens is 3. The molecule has 1 heterocycles. The SMILES string of the molecule is Cc1cc(C(F)F)nc(I)c1CC#N. The summed E-state index contributed by atoms with van der Waals surface area (Å²) in [7, 11) is 0. The Morgan fingerprint density at radius 3 is 2.71 bits per heavy atom. The second kappa shape index (κ2) is 4.64. The largest absolute Gasteiger partial charge is 0.280 e. The predicted molar refractivity (Wildman–Crippen MR) is 56.0 cm³/mol. The van der Waals surface area contributed by atoms with E-state index in [0.29, 0.717) is 9.26 Å². The second-order valence-corrected chi connectivity index (χ2v) is 3.79. The van der Waals surface area contributed by atoms with Crippen molar-refractivity contribution < 1.29 is 8.78 Å². The molecule has 1 rings (SSSR count). The molecule has 0 fully saturated rings. The fourth-order valence-electron chi connectivity index (χ4n) is 1.09. The van der Waals surface area contributed by atoms with E-state index < -0.39 is 6.43 Å². The van der Waals surface area contributed by atoms with Crippen molar-refractivity contribution in [2.45, 2.75) is 19.8 Å². The van der Waals surface area contributed by atoms with Crippen LogP contribution in [0.5, 0.6) is 0 Å². The maximum Gasteiger partial charge on any atom is 0.280 e. The monoisotopic (exact) mass is 308 g/mol. The number of pyridine rings is 1. The zero-order chi connectivity index (χ0) is 10.7. The summed E-state index contributed by atoms with van der Waals surface area (Å²) in [5.74, 6) is 0. The first-order valence-corrected chi connectivity index (χ1v) is 4.95. The van der Waals surface area contributed by atoms with Crippen molar-refractivity contribution in [3.63, 3.8) is 0 Å². The first kappa shape index (κ1) is 11.3. The molecular formula is C9H7F2IN2. The molecule has 0 aliphatic heterocycles. The van der Waals surface area contributed by atoms with E-state index in [0.717, 1.165) is 5.56 Å². The van der Waals surface area contributed by atoms with Crippen LogP contribution in [0, 0.1) is 22.0 Å². The van der Waals surface area contributed by atoms with Crippen molar-refractivity contribution in [2.24, 2.45) is 0 Å². The molecular weight excluding hydrogens is 301 g/mol. The molecule has 2 nitrogen and oxygen atoms in total. The second-order valence-electron chi connectivity index (χ2n) is 2.77. The predicted octanol–water partition coefficient (Wildman–Crippen LogP) is 3.00. The minimum Gasteiger partial charge on any atom is -0.241 e. The molecule has 0 aromatic carbocycles. The molecule has 0 aliphatic carbocycles. The van der Waals surface area contributed by atoms with Crippen molar-refractivity contribution in [1.82, 2.24) is 4.98 Å². The molecule has 1 aromatic heterocycles. The van der Waals surface area contributed by atoms with Gasteiger partial charge in [-0.05, 0) is 41.1 Å². The van der Waals surface area contributed by atoms with Crippen LogP contribution in [0.3, 0.4) is 0 Å². The van der Waals surface area contributed by atoms with Crippen LogP contribution in [0.25, 0.3) is 0 Å². The smallest absolute Gasteiger partial charge is 0.241 e.